The van der Waals surface area contributed by atoms with Gasteiger partial charge in [-0.25, -0.2) is 0 Å². The fourth-order valence-corrected chi connectivity index (χ4v) is 9.08. The van der Waals surface area contributed by atoms with Crippen LogP contribution in [0.2, 0.25) is 0 Å². The van der Waals surface area contributed by atoms with E-state index in [1.54, 1.807) is 0 Å². The second-order valence-electron chi connectivity index (χ2n) is 17.0. The Morgan fingerprint density at radius 2 is 0.578 bits per heavy atom. The van der Waals surface area contributed by atoms with Crippen LogP contribution >= 0.6 is 0 Å². The molecule has 0 saturated heterocycles. The maximum Gasteiger partial charge on any atom is 0.0462 e. The fraction of sp³-hybridized carbons (Fsp3) is 0.0968. The van der Waals surface area contributed by atoms with Gasteiger partial charge in [-0.15, -0.1) is 0 Å². The summed E-state index contributed by atoms with van der Waals surface area (Å²) in [4.78, 5) is 4.55. The van der Waals surface area contributed by atoms with Gasteiger partial charge in [0.1, 0.15) is 0 Å². The van der Waals surface area contributed by atoms with Crippen molar-refractivity contribution in [2.75, 3.05) is 9.80 Å². The van der Waals surface area contributed by atoms with Crippen molar-refractivity contribution in [3.8, 4) is 23.7 Å². The van der Waals surface area contributed by atoms with Gasteiger partial charge in [0.05, 0.1) is 0 Å². The Bertz CT molecular complexity index is 3040. The van der Waals surface area contributed by atoms with Gasteiger partial charge in [0, 0.05) is 56.4 Å². The zero-order valence-corrected chi connectivity index (χ0v) is 36.7. The number of hydrogen-bond donors (Lipinski definition) is 0. The Balaban J connectivity index is 1.04. The summed E-state index contributed by atoms with van der Waals surface area (Å²) in [6.45, 7) is 9.14. The molecule has 0 unspecified atom stereocenters. The molecule has 0 saturated carbocycles. The van der Waals surface area contributed by atoms with Gasteiger partial charge in [0.25, 0.3) is 0 Å². The molecule has 306 valence electrons. The van der Waals surface area contributed by atoms with E-state index in [0.29, 0.717) is 11.8 Å². The highest BCUT2D eigenvalue weighted by Crippen LogP contribution is 2.43. The third kappa shape index (κ3) is 7.73. The predicted molar refractivity (Wildman–Crippen MR) is 273 cm³/mol. The van der Waals surface area contributed by atoms with Gasteiger partial charge in [-0.3, -0.25) is 0 Å². The van der Waals surface area contributed by atoms with Crippen molar-refractivity contribution >= 4 is 66.4 Å². The minimum Gasteiger partial charge on any atom is -0.311 e. The average molecular weight is 821 g/mol. The van der Waals surface area contributed by atoms with Crippen molar-refractivity contribution in [1.82, 2.24) is 0 Å². The fourth-order valence-electron chi connectivity index (χ4n) is 9.08. The lowest BCUT2D eigenvalue weighted by Gasteiger charge is -2.25. The molecule has 0 fully saturated rings. The highest BCUT2D eigenvalue weighted by atomic mass is 15.1. The lowest BCUT2D eigenvalue weighted by Crippen LogP contribution is -2.09. The van der Waals surface area contributed by atoms with E-state index in [1.165, 1.54) is 43.4 Å². The Labute approximate surface area is 377 Å². The van der Waals surface area contributed by atoms with Gasteiger partial charge < -0.3 is 9.80 Å². The second kappa shape index (κ2) is 17.4. The van der Waals surface area contributed by atoms with Crippen molar-refractivity contribution in [2.45, 2.75) is 39.5 Å². The molecule has 10 rings (SSSR count). The molecule has 0 aliphatic carbocycles. The van der Waals surface area contributed by atoms with E-state index in [0.717, 1.165) is 56.4 Å². The average Bonchev–Trinajstić information content (AvgIpc) is 3.34. The molecule has 0 atom stereocenters. The molecular formula is C62H48N2. The summed E-state index contributed by atoms with van der Waals surface area (Å²) in [6.07, 6.45) is 0. The molecule has 0 aliphatic rings. The van der Waals surface area contributed by atoms with E-state index in [9.17, 15) is 0 Å². The Kier molecular flexibility index (Phi) is 10.9. The monoisotopic (exact) mass is 820 g/mol. The molecule has 0 spiro atoms. The third-order valence-electron chi connectivity index (χ3n) is 12.2. The van der Waals surface area contributed by atoms with Gasteiger partial charge in [-0.05, 0) is 164 Å². The van der Waals surface area contributed by atoms with Gasteiger partial charge in [-0.1, -0.05) is 148 Å². The first-order valence-electron chi connectivity index (χ1n) is 22.2. The van der Waals surface area contributed by atoms with Gasteiger partial charge in [-0.2, -0.15) is 0 Å². The smallest absolute Gasteiger partial charge is 0.0462 e. The van der Waals surface area contributed by atoms with Crippen molar-refractivity contribution in [1.29, 1.82) is 0 Å². The third-order valence-corrected chi connectivity index (χ3v) is 12.2. The van der Waals surface area contributed by atoms with E-state index >= 15 is 0 Å². The van der Waals surface area contributed by atoms with Crippen molar-refractivity contribution < 1.29 is 0 Å². The Morgan fingerprint density at radius 1 is 0.297 bits per heavy atom. The van der Waals surface area contributed by atoms with E-state index < -0.39 is 0 Å². The first kappa shape index (κ1) is 40.1. The number of para-hydroxylation sites is 4. The van der Waals surface area contributed by atoms with Crippen LogP contribution in [0.25, 0.3) is 32.3 Å². The van der Waals surface area contributed by atoms with Crippen molar-refractivity contribution in [3.05, 3.63) is 240 Å². The van der Waals surface area contributed by atoms with E-state index in [1.807, 2.05) is 0 Å². The van der Waals surface area contributed by atoms with Crippen LogP contribution in [-0.2, 0) is 0 Å². The minimum absolute atomic E-state index is 0.317. The normalized spacial score (nSPS) is 11.2. The molecule has 10 aromatic carbocycles. The number of benzene rings is 10. The zero-order chi connectivity index (χ0) is 43.6. The maximum absolute atomic E-state index is 3.66. The number of nitrogens with zero attached hydrogens (tertiary/aromatic N) is 2. The standard InChI is InChI=1S/C62H48N2/c1-43(2)59-41-47(31-25-45-27-33-53(34-28-45)63(49-17-9-5-10-18-49)50-19-11-6-12-20-50)55-38-40-58-60(44(3)4)42-48(56-37-39-57(59)61(55)62(56)58)32-26-46-29-35-54(36-30-46)64(51-21-13-7-14-22-51)52-23-15-8-16-24-52/h5-24,27-30,33-44H,1-4H3. The Hall–Kier alpha value is -8.04. The molecular weight excluding hydrogens is 773 g/mol. The summed E-state index contributed by atoms with van der Waals surface area (Å²) in [7, 11) is 0. The molecule has 0 bridgehead atoms. The van der Waals surface area contributed by atoms with Gasteiger partial charge in [0.15, 0.2) is 0 Å². The summed E-state index contributed by atoms with van der Waals surface area (Å²) in [6, 6.07) is 73.1. The molecule has 0 heterocycles. The molecule has 64 heavy (non-hydrogen) atoms. The minimum atomic E-state index is 0.317. The summed E-state index contributed by atoms with van der Waals surface area (Å²) < 4.78 is 0. The lowest BCUT2D eigenvalue weighted by atomic mass is 9.83. The predicted octanol–water partition coefficient (Wildman–Crippen LogP) is 16.6. The van der Waals surface area contributed by atoms with E-state index in [-0.39, 0.29) is 0 Å². The maximum atomic E-state index is 3.66. The molecule has 0 aliphatic heterocycles. The topological polar surface area (TPSA) is 6.48 Å². The molecule has 2 nitrogen and oxygen atoms in total. The van der Waals surface area contributed by atoms with Gasteiger partial charge in [0.2, 0.25) is 0 Å². The van der Waals surface area contributed by atoms with Gasteiger partial charge >= 0.3 is 0 Å². The molecule has 0 N–H and O–H groups in total. The first-order valence-corrected chi connectivity index (χ1v) is 22.2. The van der Waals surface area contributed by atoms with Crippen molar-refractivity contribution in [2.24, 2.45) is 0 Å². The van der Waals surface area contributed by atoms with Crippen LogP contribution in [0.4, 0.5) is 34.1 Å². The SMILES string of the molecule is CC(C)c1cc(C#Cc2ccc(N(c3ccccc3)c3ccccc3)cc2)c2ccc3c(C(C)C)cc(C#Cc4ccc(N(c5ccccc5)c5ccccc5)cc4)c4ccc1c2c43. The largest absolute Gasteiger partial charge is 0.311 e. The molecule has 0 radical (unpaired) electrons. The van der Waals surface area contributed by atoms with Crippen LogP contribution in [0.5, 0.6) is 0 Å². The lowest BCUT2D eigenvalue weighted by molar-refractivity contribution is 0.875. The van der Waals surface area contributed by atoms with Crippen LogP contribution in [0.3, 0.4) is 0 Å². The van der Waals surface area contributed by atoms with E-state index in [2.05, 4.69) is 267 Å². The Morgan fingerprint density at radius 3 is 0.875 bits per heavy atom. The van der Waals surface area contributed by atoms with Crippen molar-refractivity contribution in [3.63, 3.8) is 0 Å². The summed E-state index contributed by atoms with van der Waals surface area (Å²) >= 11 is 0. The number of hydrogen-bond acceptors (Lipinski definition) is 2. The summed E-state index contributed by atoms with van der Waals surface area (Å²) in [5, 5.41) is 7.49. The van der Waals surface area contributed by atoms with Crippen LogP contribution in [-0.4, -0.2) is 0 Å². The second-order valence-corrected chi connectivity index (χ2v) is 17.0. The van der Waals surface area contributed by atoms with Crippen LogP contribution in [0.15, 0.2) is 206 Å². The van der Waals surface area contributed by atoms with Crippen LogP contribution in [0, 0.1) is 23.7 Å². The van der Waals surface area contributed by atoms with Crippen LogP contribution < -0.4 is 9.80 Å². The van der Waals surface area contributed by atoms with E-state index in [4.69, 9.17) is 0 Å². The number of rotatable bonds is 8. The summed E-state index contributed by atoms with van der Waals surface area (Å²) in [5.74, 6) is 15.1. The quantitative estimate of drug-likeness (QED) is 0.111. The number of anilines is 6. The molecule has 10 aromatic rings. The highest BCUT2D eigenvalue weighted by Gasteiger charge is 2.20. The zero-order valence-electron chi connectivity index (χ0n) is 36.7. The van der Waals surface area contributed by atoms with Crippen LogP contribution in [0.1, 0.15) is 72.9 Å². The first-order chi connectivity index (χ1) is 31.4. The summed E-state index contributed by atoms with van der Waals surface area (Å²) in [5.41, 5.74) is 13.3. The molecule has 0 amide bonds. The molecule has 0 aromatic heterocycles. The molecule has 2 heteroatoms. The highest BCUT2D eigenvalue weighted by molar-refractivity contribution is 6.26.